The van der Waals surface area contributed by atoms with E-state index in [1.807, 2.05) is 59.5 Å². The molecule has 0 spiro atoms. The predicted molar refractivity (Wildman–Crippen MR) is 159 cm³/mol. The molecule has 0 unspecified atom stereocenters. The molecule has 39 heavy (non-hydrogen) atoms. The Morgan fingerprint density at radius 2 is 1.56 bits per heavy atom. The largest absolute Gasteiger partial charge is 0.451 e. The van der Waals surface area contributed by atoms with Gasteiger partial charge in [0.2, 0.25) is 0 Å². The third kappa shape index (κ3) is 6.25. The normalized spacial score (nSPS) is 13.2. The average molecular weight is 580 g/mol. The van der Waals surface area contributed by atoms with Crippen LogP contribution in [-0.4, -0.2) is 48.0 Å². The smallest absolute Gasteiger partial charge is 0.293 e. The molecule has 0 radical (unpaired) electrons. The Balaban J connectivity index is 1.21. The van der Waals surface area contributed by atoms with E-state index in [0.717, 1.165) is 11.4 Å². The van der Waals surface area contributed by atoms with Crippen LogP contribution in [-0.2, 0) is 0 Å². The number of thiocarbonyl (C=S) groups is 1. The highest BCUT2D eigenvalue weighted by Crippen LogP contribution is 2.32. The zero-order valence-electron chi connectivity index (χ0n) is 20.7. The van der Waals surface area contributed by atoms with Gasteiger partial charge in [0.25, 0.3) is 11.8 Å². The molecule has 0 aliphatic carbocycles. The van der Waals surface area contributed by atoms with E-state index in [1.54, 1.807) is 30.3 Å². The number of para-hydroxylation sites is 2. The number of halogens is 2. The summed E-state index contributed by atoms with van der Waals surface area (Å²) in [6.07, 6.45) is 0. The molecule has 1 fully saturated rings. The quantitative estimate of drug-likeness (QED) is 0.269. The predicted octanol–water partition coefficient (Wildman–Crippen LogP) is 6.34. The van der Waals surface area contributed by atoms with Gasteiger partial charge in [0.1, 0.15) is 5.76 Å². The topological polar surface area (TPSA) is 77.8 Å². The zero-order chi connectivity index (χ0) is 27.4. The molecule has 1 aliphatic rings. The van der Waals surface area contributed by atoms with Crippen molar-refractivity contribution in [2.45, 2.75) is 0 Å². The molecular formula is C29H24Cl2N4O3S. The number of nitrogens with one attached hydrogen (secondary N) is 2. The summed E-state index contributed by atoms with van der Waals surface area (Å²) in [6.45, 7) is 2.52. The van der Waals surface area contributed by atoms with Crippen LogP contribution < -0.4 is 15.5 Å². The van der Waals surface area contributed by atoms with Crippen molar-refractivity contribution in [3.8, 4) is 11.3 Å². The summed E-state index contributed by atoms with van der Waals surface area (Å²) in [5, 5.41) is 6.88. The molecule has 2 amide bonds. The van der Waals surface area contributed by atoms with E-state index < -0.39 is 5.91 Å². The minimum absolute atomic E-state index is 0.0317. The number of anilines is 2. The monoisotopic (exact) mass is 578 g/mol. The Kier molecular flexibility index (Phi) is 8.16. The fourth-order valence-electron chi connectivity index (χ4n) is 4.38. The molecular weight excluding hydrogens is 555 g/mol. The molecule has 0 saturated carbocycles. The molecule has 1 aromatic heterocycles. The van der Waals surface area contributed by atoms with Gasteiger partial charge in [-0.05, 0) is 66.8 Å². The second kappa shape index (κ2) is 11.9. The number of carbonyl (C=O) groups excluding carboxylic acids is 2. The zero-order valence-corrected chi connectivity index (χ0v) is 23.0. The van der Waals surface area contributed by atoms with Crippen molar-refractivity contribution in [1.29, 1.82) is 0 Å². The molecule has 2 heterocycles. The van der Waals surface area contributed by atoms with E-state index in [4.69, 9.17) is 39.8 Å². The minimum Gasteiger partial charge on any atom is -0.451 e. The number of rotatable bonds is 5. The van der Waals surface area contributed by atoms with Crippen LogP contribution in [0.15, 0.2) is 89.3 Å². The molecule has 3 aromatic carbocycles. The van der Waals surface area contributed by atoms with Gasteiger partial charge in [-0.3, -0.25) is 14.9 Å². The fourth-order valence-corrected chi connectivity index (χ4v) is 4.96. The van der Waals surface area contributed by atoms with Gasteiger partial charge >= 0.3 is 0 Å². The van der Waals surface area contributed by atoms with E-state index in [0.29, 0.717) is 53.1 Å². The lowest BCUT2D eigenvalue weighted by molar-refractivity contribution is 0.0746. The Labute approximate surface area is 241 Å². The van der Waals surface area contributed by atoms with Crippen LogP contribution in [0.3, 0.4) is 0 Å². The number of piperazine rings is 1. The van der Waals surface area contributed by atoms with Crippen molar-refractivity contribution >= 4 is 63.7 Å². The van der Waals surface area contributed by atoms with E-state index in [1.165, 1.54) is 0 Å². The van der Waals surface area contributed by atoms with E-state index in [2.05, 4.69) is 15.5 Å². The van der Waals surface area contributed by atoms with Crippen molar-refractivity contribution in [3.05, 3.63) is 106 Å². The third-order valence-electron chi connectivity index (χ3n) is 6.33. The first-order valence-corrected chi connectivity index (χ1v) is 13.4. The Hall–Kier alpha value is -3.85. The standard InChI is InChI=1S/C29H24Cl2N4O3S/c30-20-10-11-22(31)21(18-20)25-12-13-26(38-25)27(36)33-29(39)32-23-8-4-5-9-24(23)34-14-16-35(17-15-34)28(37)19-6-2-1-3-7-19/h1-13,18H,14-17H2,(H2,32,33,36,39). The molecule has 0 atom stereocenters. The van der Waals surface area contributed by atoms with Crippen LogP contribution in [0, 0.1) is 0 Å². The summed E-state index contributed by atoms with van der Waals surface area (Å²) < 4.78 is 5.72. The number of benzene rings is 3. The molecule has 0 bridgehead atoms. The van der Waals surface area contributed by atoms with Crippen molar-refractivity contribution in [3.63, 3.8) is 0 Å². The Morgan fingerprint density at radius 3 is 2.33 bits per heavy atom. The number of carbonyl (C=O) groups is 2. The number of hydrogen-bond acceptors (Lipinski definition) is 5. The van der Waals surface area contributed by atoms with Crippen molar-refractivity contribution < 1.29 is 14.0 Å². The van der Waals surface area contributed by atoms with Crippen LogP contribution in [0.4, 0.5) is 11.4 Å². The summed E-state index contributed by atoms with van der Waals surface area (Å²) in [5.41, 5.74) is 2.95. The van der Waals surface area contributed by atoms with E-state index in [9.17, 15) is 9.59 Å². The van der Waals surface area contributed by atoms with Gasteiger partial charge in [0, 0.05) is 42.3 Å². The minimum atomic E-state index is -0.498. The average Bonchev–Trinajstić information content (AvgIpc) is 3.45. The second-order valence-electron chi connectivity index (χ2n) is 8.86. The summed E-state index contributed by atoms with van der Waals surface area (Å²) in [4.78, 5) is 29.7. The summed E-state index contributed by atoms with van der Waals surface area (Å²) in [6, 6.07) is 25.2. The summed E-state index contributed by atoms with van der Waals surface area (Å²) >= 11 is 17.7. The first-order chi connectivity index (χ1) is 18.9. The van der Waals surface area contributed by atoms with Gasteiger partial charge in [-0.1, -0.05) is 53.5 Å². The molecule has 10 heteroatoms. The highest BCUT2D eigenvalue weighted by molar-refractivity contribution is 7.80. The molecule has 4 aromatic rings. The van der Waals surface area contributed by atoms with Gasteiger partial charge in [0.05, 0.1) is 16.4 Å². The van der Waals surface area contributed by atoms with Crippen LogP contribution in [0.5, 0.6) is 0 Å². The van der Waals surface area contributed by atoms with Crippen molar-refractivity contribution in [1.82, 2.24) is 10.2 Å². The van der Waals surface area contributed by atoms with E-state index >= 15 is 0 Å². The molecule has 7 nitrogen and oxygen atoms in total. The first kappa shape index (κ1) is 26.7. The van der Waals surface area contributed by atoms with Gasteiger partial charge in [-0.2, -0.15) is 0 Å². The maximum absolute atomic E-state index is 12.8. The van der Waals surface area contributed by atoms with Gasteiger partial charge in [-0.25, -0.2) is 0 Å². The highest BCUT2D eigenvalue weighted by Gasteiger charge is 2.24. The van der Waals surface area contributed by atoms with Crippen LogP contribution in [0.1, 0.15) is 20.9 Å². The molecule has 2 N–H and O–H groups in total. The second-order valence-corrected chi connectivity index (χ2v) is 10.1. The lowest BCUT2D eigenvalue weighted by atomic mass is 10.1. The first-order valence-electron chi connectivity index (χ1n) is 12.2. The lowest BCUT2D eigenvalue weighted by Crippen LogP contribution is -2.49. The van der Waals surface area contributed by atoms with E-state index in [-0.39, 0.29) is 16.8 Å². The van der Waals surface area contributed by atoms with Gasteiger partial charge in [0.15, 0.2) is 10.9 Å². The lowest BCUT2D eigenvalue weighted by Gasteiger charge is -2.37. The van der Waals surface area contributed by atoms with Gasteiger partial charge < -0.3 is 19.5 Å². The van der Waals surface area contributed by atoms with Gasteiger partial charge in [-0.15, -0.1) is 0 Å². The number of nitrogens with zero attached hydrogens (tertiary/aromatic N) is 2. The van der Waals surface area contributed by atoms with Crippen LogP contribution in [0.25, 0.3) is 11.3 Å². The fraction of sp³-hybridized carbons (Fsp3) is 0.138. The van der Waals surface area contributed by atoms with Crippen molar-refractivity contribution in [2.75, 3.05) is 36.4 Å². The SMILES string of the molecule is O=C(NC(=S)Nc1ccccc1N1CCN(C(=O)c2ccccc2)CC1)c1ccc(-c2cc(Cl)ccc2Cl)o1. The maximum Gasteiger partial charge on any atom is 0.293 e. The van der Waals surface area contributed by atoms with Crippen LogP contribution >= 0.6 is 35.4 Å². The maximum atomic E-state index is 12.8. The van der Waals surface area contributed by atoms with Crippen LogP contribution in [0.2, 0.25) is 10.0 Å². The Morgan fingerprint density at radius 1 is 0.846 bits per heavy atom. The summed E-state index contributed by atoms with van der Waals surface area (Å²) in [5.74, 6) is 0.0335. The molecule has 1 saturated heterocycles. The summed E-state index contributed by atoms with van der Waals surface area (Å²) in [7, 11) is 0. The highest BCUT2D eigenvalue weighted by atomic mass is 35.5. The Bertz CT molecular complexity index is 1520. The molecule has 198 valence electrons. The number of hydrogen-bond donors (Lipinski definition) is 2. The molecule has 1 aliphatic heterocycles. The van der Waals surface area contributed by atoms with Crippen molar-refractivity contribution in [2.24, 2.45) is 0 Å². The number of amides is 2. The third-order valence-corrected chi connectivity index (χ3v) is 7.10. The number of furan rings is 1. The molecule has 5 rings (SSSR count).